The summed E-state index contributed by atoms with van der Waals surface area (Å²) < 4.78 is 28.6. The molecule has 0 aliphatic rings. The molecule has 5 nitrogen and oxygen atoms in total. The summed E-state index contributed by atoms with van der Waals surface area (Å²) in [4.78, 5) is 12.4. The molecule has 0 aliphatic carbocycles. The number of benzene rings is 3. The molecule has 0 aliphatic heterocycles. The molecule has 27 heavy (non-hydrogen) atoms. The first-order valence-corrected chi connectivity index (χ1v) is 10.4. The first kappa shape index (κ1) is 18.9. The van der Waals surface area contributed by atoms with E-state index in [1.165, 1.54) is 0 Å². The number of nitrogens with one attached hydrogen (secondary N) is 1. The molecule has 3 rings (SSSR count). The van der Waals surface area contributed by atoms with Crippen LogP contribution in [0.15, 0.2) is 71.6 Å². The molecule has 0 radical (unpaired) electrons. The zero-order valence-electron chi connectivity index (χ0n) is 15.2. The Morgan fingerprint density at radius 3 is 2.33 bits per heavy atom. The molecule has 6 heteroatoms. The van der Waals surface area contributed by atoms with Crippen molar-refractivity contribution >= 4 is 26.5 Å². The number of sulfone groups is 1. The molecule has 3 aromatic rings. The van der Waals surface area contributed by atoms with E-state index in [0.717, 1.165) is 22.6 Å². The van der Waals surface area contributed by atoms with Gasteiger partial charge in [-0.2, -0.15) is 0 Å². The van der Waals surface area contributed by atoms with E-state index >= 15 is 0 Å². The van der Waals surface area contributed by atoms with E-state index in [-0.39, 0.29) is 23.5 Å². The smallest absolute Gasteiger partial charge is 0.258 e. The highest BCUT2D eigenvalue weighted by Gasteiger charge is 2.12. The number of hydrogen-bond acceptors (Lipinski definition) is 4. The van der Waals surface area contributed by atoms with Crippen molar-refractivity contribution in [2.45, 2.75) is 17.9 Å². The third-order valence-electron chi connectivity index (χ3n) is 4.28. The summed E-state index contributed by atoms with van der Waals surface area (Å²) in [7, 11) is -3.23. The topological polar surface area (TPSA) is 72.5 Å². The quantitative estimate of drug-likeness (QED) is 0.707. The summed E-state index contributed by atoms with van der Waals surface area (Å²) in [6.45, 7) is 1.74. The highest BCUT2D eigenvalue weighted by Crippen LogP contribution is 2.20. The van der Waals surface area contributed by atoms with Crippen LogP contribution in [0.2, 0.25) is 0 Å². The number of rotatable bonds is 6. The summed E-state index contributed by atoms with van der Waals surface area (Å²) in [5.41, 5.74) is 0.821. The Morgan fingerprint density at radius 2 is 1.67 bits per heavy atom. The van der Waals surface area contributed by atoms with Gasteiger partial charge < -0.3 is 10.1 Å². The maximum atomic E-state index is 12.2. The minimum atomic E-state index is -3.23. The van der Waals surface area contributed by atoms with Gasteiger partial charge in [-0.1, -0.05) is 42.5 Å². The van der Waals surface area contributed by atoms with E-state index in [0.29, 0.717) is 5.75 Å². The molecular formula is C21H21NO4S. The second-order valence-corrected chi connectivity index (χ2v) is 8.44. The van der Waals surface area contributed by atoms with Crippen molar-refractivity contribution < 1.29 is 17.9 Å². The average molecular weight is 383 g/mol. The molecule has 0 spiro atoms. The Hall–Kier alpha value is -2.86. The molecule has 0 fully saturated rings. The van der Waals surface area contributed by atoms with E-state index in [1.807, 2.05) is 49.4 Å². The predicted molar refractivity (Wildman–Crippen MR) is 106 cm³/mol. The van der Waals surface area contributed by atoms with Gasteiger partial charge in [-0.15, -0.1) is 0 Å². The van der Waals surface area contributed by atoms with Crippen LogP contribution in [0.3, 0.4) is 0 Å². The fraction of sp³-hybridized carbons (Fsp3) is 0.190. The van der Waals surface area contributed by atoms with Crippen molar-refractivity contribution in [1.29, 1.82) is 0 Å². The highest BCUT2D eigenvalue weighted by molar-refractivity contribution is 7.90. The van der Waals surface area contributed by atoms with Gasteiger partial charge in [-0.05, 0) is 47.5 Å². The van der Waals surface area contributed by atoms with Crippen LogP contribution in [0.1, 0.15) is 18.5 Å². The van der Waals surface area contributed by atoms with Crippen molar-refractivity contribution in [3.05, 3.63) is 72.3 Å². The fourth-order valence-corrected chi connectivity index (χ4v) is 3.41. The molecule has 0 aromatic heterocycles. The standard InChI is InChI=1S/C21H21NO4S/c1-15(16-8-11-20(12-9-16)27(2,24)25)22-21(23)14-26-19-10-7-17-5-3-4-6-18(17)13-19/h3-13,15H,14H2,1-2H3,(H,22,23). The molecule has 0 saturated heterocycles. The molecule has 0 saturated carbocycles. The van der Waals surface area contributed by atoms with Gasteiger partial charge >= 0.3 is 0 Å². The van der Waals surface area contributed by atoms with E-state index in [1.54, 1.807) is 24.3 Å². The van der Waals surface area contributed by atoms with Crippen molar-refractivity contribution in [3.63, 3.8) is 0 Å². The van der Waals surface area contributed by atoms with Crippen molar-refractivity contribution in [2.24, 2.45) is 0 Å². The lowest BCUT2D eigenvalue weighted by Gasteiger charge is -2.15. The molecule has 0 bridgehead atoms. The monoisotopic (exact) mass is 383 g/mol. The van der Waals surface area contributed by atoms with Gasteiger partial charge in [0.05, 0.1) is 10.9 Å². The van der Waals surface area contributed by atoms with Gasteiger partial charge in [0.1, 0.15) is 5.75 Å². The Morgan fingerprint density at radius 1 is 1.00 bits per heavy atom. The van der Waals surface area contributed by atoms with Crippen molar-refractivity contribution in [1.82, 2.24) is 5.32 Å². The minimum absolute atomic E-state index is 0.0932. The summed E-state index contributed by atoms with van der Waals surface area (Å²) in [6, 6.07) is 19.8. The van der Waals surface area contributed by atoms with Crippen molar-refractivity contribution in [3.8, 4) is 5.75 Å². The Balaban J connectivity index is 1.58. The summed E-state index contributed by atoms with van der Waals surface area (Å²) in [5.74, 6) is 0.386. The number of amides is 1. The first-order valence-electron chi connectivity index (χ1n) is 8.54. The third-order valence-corrected chi connectivity index (χ3v) is 5.41. The zero-order chi connectivity index (χ0) is 19.4. The Bertz CT molecular complexity index is 1060. The molecule has 0 heterocycles. The van der Waals surface area contributed by atoms with Gasteiger partial charge in [0.25, 0.3) is 5.91 Å². The van der Waals surface area contributed by atoms with Gasteiger partial charge in [0.15, 0.2) is 16.4 Å². The van der Waals surface area contributed by atoms with Gasteiger partial charge in [-0.3, -0.25) is 4.79 Å². The van der Waals surface area contributed by atoms with Crippen LogP contribution in [0.5, 0.6) is 5.75 Å². The van der Waals surface area contributed by atoms with Gasteiger partial charge in [-0.25, -0.2) is 8.42 Å². The number of carbonyl (C=O) groups is 1. The van der Waals surface area contributed by atoms with E-state index < -0.39 is 9.84 Å². The normalized spacial score (nSPS) is 12.5. The second kappa shape index (κ2) is 7.80. The maximum absolute atomic E-state index is 12.2. The van der Waals surface area contributed by atoms with Crippen LogP contribution in [0.25, 0.3) is 10.8 Å². The summed E-state index contributed by atoms with van der Waals surface area (Å²) in [6.07, 6.45) is 1.16. The molecule has 3 aromatic carbocycles. The lowest BCUT2D eigenvalue weighted by molar-refractivity contribution is -0.123. The predicted octanol–water partition coefficient (Wildman–Crippen LogP) is 3.50. The fourth-order valence-electron chi connectivity index (χ4n) is 2.78. The molecule has 1 atom stereocenters. The summed E-state index contributed by atoms with van der Waals surface area (Å²) >= 11 is 0. The molecule has 1 N–H and O–H groups in total. The lowest BCUT2D eigenvalue weighted by atomic mass is 10.1. The Kier molecular flexibility index (Phi) is 5.46. The van der Waals surface area contributed by atoms with Crippen LogP contribution in [0, 0.1) is 0 Å². The SMILES string of the molecule is CC(NC(=O)COc1ccc2ccccc2c1)c1ccc(S(C)(=O)=O)cc1. The zero-order valence-corrected chi connectivity index (χ0v) is 16.0. The van der Waals surface area contributed by atoms with Crippen LogP contribution in [0.4, 0.5) is 0 Å². The first-order chi connectivity index (χ1) is 12.8. The molecule has 1 amide bonds. The number of fused-ring (bicyclic) bond motifs is 1. The summed E-state index contributed by atoms with van der Waals surface area (Å²) in [5, 5.41) is 5.01. The highest BCUT2D eigenvalue weighted by atomic mass is 32.2. The lowest BCUT2D eigenvalue weighted by Crippen LogP contribution is -2.31. The van der Waals surface area contributed by atoms with Crippen LogP contribution >= 0.6 is 0 Å². The van der Waals surface area contributed by atoms with Crippen LogP contribution in [-0.4, -0.2) is 27.2 Å². The van der Waals surface area contributed by atoms with Crippen LogP contribution in [-0.2, 0) is 14.6 Å². The van der Waals surface area contributed by atoms with Crippen molar-refractivity contribution in [2.75, 3.05) is 12.9 Å². The molecule has 140 valence electrons. The third kappa shape index (κ3) is 4.86. The number of ether oxygens (including phenoxy) is 1. The van der Waals surface area contributed by atoms with E-state index in [2.05, 4.69) is 5.32 Å². The van der Waals surface area contributed by atoms with Gasteiger partial charge in [0, 0.05) is 6.26 Å². The van der Waals surface area contributed by atoms with Crippen LogP contribution < -0.4 is 10.1 Å². The second-order valence-electron chi connectivity index (χ2n) is 6.43. The molecular weight excluding hydrogens is 362 g/mol. The molecule has 1 unspecified atom stereocenters. The minimum Gasteiger partial charge on any atom is -0.484 e. The van der Waals surface area contributed by atoms with E-state index in [4.69, 9.17) is 4.74 Å². The number of hydrogen-bond donors (Lipinski definition) is 1. The Labute approximate surface area is 158 Å². The van der Waals surface area contributed by atoms with Gasteiger partial charge in [0.2, 0.25) is 0 Å². The average Bonchev–Trinajstić information content (AvgIpc) is 2.65. The number of carbonyl (C=O) groups excluding carboxylic acids is 1. The maximum Gasteiger partial charge on any atom is 0.258 e. The largest absolute Gasteiger partial charge is 0.484 e. The van der Waals surface area contributed by atoms with E-state index in [9.17, 15) is 13.2 Å².